The molecule has 0 spiro atoms. The molecule has 0 saturated heterocycles. The molecule has 1 aromatic rings. The third kappa shape index (κ3) is 2.56. The number of hydrogen-bond acceptors (Lipinski definition) is 3. The molecule has 0 amide bonds. The van der Waals surface area contributed by atoms with Crippen LogP contribution in [0.2, 0.25) is 0 Å². The van der Waals surface area contributed by atoms with Crippen LogP contribution in [0.1, 0.15) is 58.1 Å². The summed E-state index contributed by atoms with van der Waals surface area (Å²) >= 11 is 0. The van der Waals surface area contributed by atoms with Crippen LogP contribution in [0, 0.1) is 0 Å². The van der Waals surface area contributed by atoms with Crippen LogP contribution < -0.4 is 5.73 Å². The lowest BCUT2D eigenvalue weighted by Crippen LogP contribution is -2.53. The number of aryl methyl sites for hydroxylation is 1. The molecule has 1 heterocycles. The van der Waals surface area contributed by atoms with Crippen LogP contribution in [0.25, 0.3) is 0 Å². The second-order valence-corrected chi connectivity index (χ2v) is 5.59. The SMILES string of the molecule is CCN(CC)C1(C(N)c2cnn(CC)c2)CCCC1. The van der Waals surface area contributed by atoms with E-state index in [0.29, 0.717) is 0 Å². The van der Waals surface area contributed by atoms with E-state index in [1.54, 1.807) is 0 Å². The van der Waals surface area contributed by atoms with Crippen molar-refractivity contribution in [2.75, 3.05) is 13.1 Å². The predicted octanol–water partition coefficient (Wildman–Crippen LogP) is 2.56. The second-order valence-electron chi connectivity index (χ2n) is 5.59. The summed E-state index contributed by atoms with van der Waals surface area (Å²) in [5.74, 6) is 0. The topological polar surface area (TPSA) is 47.1 Å². The highest BCUT2D eigenvalue weighted by Crippen LogP contribution is 2.43. The monoisotopic (exact) mass is 264 g/mol. The van der Waals surface area contributed by atoms with Gasteiger partial charge in [-0.25, -0.2) is 0 Å². The minimum Gasteiger partial charge on any atom is -0.322 e. The summed E-state index contributed by atoms with van der Waals surface area (Å²) in [6, 6.07) is 0.0789. The average molecular weight is 264 g/mol. The molecule has 0 radical (unpaired) electrons. The van der Waals surface area contributed by atoms with Crippen molar-refractivity contribution >= 4 is 0 Å². The second kappa shape index (κ2) is 6.06. The van der Waals surface area contributed by atoms with Crippen LogP contribution in [0.15, 0.2) is 12.4 Å². The maximum Gasteiger partial charge on any atom is 0.0538 e. The minimum atomic E-state index is 0.0789. The summed E-state index contributed by atoms with van der Waals surface area (Å²) in [5.41, 5.74) is 7.99. The zero-order valence-corrected chi connectivity index (χ0v) is 12.6. The summed E-state index contributed by atoms with van der Waals surface area (Å²) in [6.07, 6.45) is 9.10. The van der Waals surface area contributed by atoms with Crippen molar-refractivity contribution in [3.63, 3.8) is 0 Å². The van der Waals surface area contributed by atoms with Crippen molar-refractivity contribution in [1.82, 2.24) is 14.7 Å². The molecule has 1 fully saturated rings. The van der Waals surface area contributed by atoms with Gasteiger partial charge in [-0.1, -0.05) is 26.7 Å². The van der Waals surface area contributed by atoms with Crippen LogP contribution in [0.5, 0.6) is 0 Å². The van der Waals surface area contributed by atoms with Gasteiger partial charge in [-0.05, 0) is 32.9 Å². The fourth-order valence-corrected chi connectivity index (χ4v) is 3.69. The molecule has 0 aromatic carbocycles. The van der Waals surface area contributed by atoms with E-state index >= 15 is 0 Å². The van der Waals surface area contributed by atoms with E-state index in [4.69, 9.17) is 5.73 Å². The van der Waals surface area contributed by atoms with E-state index in [1.165, 1.54) is 31.2 Å². The standard InChI is InChI=1S/C15H28N4/c1-4-18(5-2)15(9-7-8-10-15)14(16)13-11-17-19(6-3)12-13/h11-12,14H,4-10,16H2,1-3H3. The molecular weight excluding hydrogens is 236 g/mol. The lowest BCUT2D eigenvalue weighted by molar-refractivity contribution is 0.0770. The number of rotatable bonds is 6. The van der Waals surface area contributed by atoms with Crippen molar-refractivity contribution in [1.29, 1.82) is 0 Å². The molecular formula is C15H28N4. The van der Waals surface area contributed by atoms with E-state index in [2.05, 4.69) is 37.0 Å². The molecule has 0 bridgehead atoms. The van der Waals surface area contributed by atoms with Gasteiger partial charge in [0.15, 0.2) is 0 Å². The zero-order chi connectivity index (χ0) is 13.9. The first-order chi connectivity index (χ1) is 9.17. The maximum absolute atomic E-state index is 6.66. The normalized spacial score (nSPS) is 20.1. The molecule has 19 heavy (non-hydrogen) atoms. The van der Waals surface area contributed by atoms with E-state index in [9.17, 15) is 0 Å². The molecule has 1 aliphatic rings. The van der Waals surface area contributed by atoms with Crippen molar-refractivity contribution in [3.8, 4) is 0 Å². The molecule has 108 valence electrons. The van der Waals surface area contributed by atoms with Crippen molar-refractivity contribution in [3.05, 3.63) is 18.0 Å². The Kier molecular flexibility index (Phi) is 4.63. The van der Waals surface area contributed by atoms with Gasteiger partial charge in [-0.3, -0.25) is 9.58 Å². The highest BCUT2D eigenvalue weighted by Gasteiger charge is 2.44. The number of hydrogen-bond donors (Lipinski definition) is 1. The first-order valence-corrected chi connectivity index (χ1v) is 7.71. The Balaban J connectivity index is 2.27. The molecule has 1 atom stereocenters. The van der Waals surface area contributed by atoms with Gasteiger partial charge in [0, 0.05) is 23.8 Å². The first kappa shape index (κ1) is 14.5. The van der Waals surface area contributed by atoms with Gasteiger partial charge in [-0.2, -0.15) is 5.10 Å². The molecule has 4 nitrogen and oxygen atoms in total. The molecule has 2 rings (SSSR count). The number of nitrogens with two attached hydrogens (primary N) is 1. The van der Waals surface area contributed by atoms with E-state index in [-0.39, 0.29) is 11.6 Å². The van der Waals surface area contributed by atoms with Gasteiger partial charge in [-0.15, -0.1) is 0 Å². The Morgan fingerprint density at radius 2 is 1.95 bits per heavy atom. The Morgan fingerprint density at radius 3 is 2.42 bits per heavy atom. The molecule has 2 N–H and O–H groups in total. The summed E-state index contributed by atoms with van der Waals surface area (Å²) < 4.78 is 1.97. The maximum atomic E-state index is 6.66. The zero-order valence-electron chi connectivity index (χ0n) is 12.6. The van der Waals surface area contributed by atoms with Gasteiger partial charge < -0.3 is 5.73 Å². The fraction of sp³-hybridized carbons (Fsp3) is 0.800. The van der Waals surface area contributed by atoms with E-state index in [1.807, 2.05) is 10.9 Å². The number of nitrogens with zero attached hydrogens (tertiary/aromatic N) is 3. The largest absolute Gasteiger partial charge is 0.322 e. The van der Waals surface area contributed by atoms with Gasteiger partial charge >= 0.3 is 0 Å². The van der Waals surface area contributed by atoms with Crippen LogP contribution in [-0.2, 0) is 6.54 Å². The molecule has 4 heteroatoms. The number of likely N-dealkylation sites (N-methyl/N-ethyl adjacent to an activating group) is 1. The first-order valence-electron chi connectivity index (χ1n) is 7.71. The smallest absolute Gasteiger partial charge is 0.0538 e. The van der Waals surface area contributed by atoms with Crippen molar-refractivity contribution in [2.24, 2.45) is 5.73 Å². The fourth-order valence-electron chi connectivity index (χ4n) is 3.69. The van der Waals surface area contributed by atoms with Crippen LogP contribution in [0.3, 0.4) is 0 Å². The third-order valence-corrected chi connectivity index (χ3v) is 4.78. The summed E-state index contributed by atoms with van der Waals surface area (Å²) in [5, 5.41) is 4.39. The van der Waals surface area contributed by atoms with Crippen LogP contribution >= 0.6 is 0 Å². The molecule has 1 aromatic heterocycles. The number of aromatic nitrogens is 2. The lowest BCUT2D eigenvalue weighted by atomic mass is 9.83. The minimum absolute atomic E-state index is 0.0789. The quantitative estimate of drug-likeness (QED) is 0.859. The van der Waals surface area contributed by atoms with E-state index < -0.39 is 0 Å². The Bertz CT molecular complexity index is 389. The van der Waals surface area contributed by atoms with Gasteiger partial charge in [0.05, 0.1) is 12.2 Å². The molecule has 1 saturated carbocycles. The summed E-state index contributed by atoms with van der Waals surface area (Å²) in [7, 11) is 0. The highest BCUT2D eigenvalue weighted by atomic mass is 15.3. The molecule has 1 unspecified atom stereocenters. The predicted molar refractivity (Wildman–Crippen MR) is 78.9 cm³/mol. The summed E-state index contributed by atoms with van der Waals surface area (Å²) in [4.78, 5) is 2.56. The van der Waals surface area contributed by atoms with Crippen molar-refractivity contribution < 1.29 is 0 Å². The lowest BCUT2D eigenvalue weighted by Gasteiger charge is -2.44. The van der Waals surface area contributed by atoms with Gasteiger partial charge in [0.2, 0.25) is 0 Å². The third-order valence-electron chi connectivity index (χ3n) is 4.78. The van der Waals surface area contributed by atoms with Crippen molar-refractivity contribution in [2.45, 2.75) is 64.6 Å². The van der Waals surface area contributed by atoms with E-state index in [0.717, 1.165) is 19.6 Å². The highest BCUT2D eigenvalue weighted by molar-refractivity contribution is 5.18. The summed E-state index contributed by atoms with van der Waals surface area (Å²) in [6.45, 7) is 9.65. The van der Waals surface area contributed by atoms with Gasteiger partial charge in [0.25, 0.3) is 0 Å². The van der Waals surface area contributed by atoms with Crippen LogP contribution in [-0.4, -0.2) is 33.3 Å². The Labute approximate surface area is 117 Å². The molecule has 1 aliphatic carbocycles. The van der Waals surface area contributed by atoms with Crippen LogP contribution in [0.4, 0.5) is 0 Å². The molecule has 0 aliphatic heterocycles. The Morgan fingerprint density at radius 1 is 1.32 bits per heavy atom. The average Bonchev–Trinajstić information content (AvgIpc) is 3.09. The van der Waals surface area contributed by atoms with Gasteiger partial charge in [0.1, 0.15) is 0 Å². The Hall–Kier alpha value is -0.870.